The Labute approximate surface area is 112 Å². The number of unbranched alkanes of at least 4 members (excludes halogenated alkanes) is 1. The minimum atomic E-state index is -0.606. The molecule has 100 valence electrons. The molecule has 0 aromatic carbocycles. The molecule has 0 aliphatic heterocycles. The van der Waals surface area contributed by atoms with E-state index in [2.05, 4.69) is 28.9 Å². The molecule has 1 atom stereocenters. The summed E-state index contributed by atoms with van der Waals surface area (Å²) in [7, 11) is 0. The molecule has 0 fully saturated rings. The van der Waals surface area contributed by atoms with Crippen LogP contribution in [0.4, 0.5) is 0 Å². The number of aromatic nitrogens is 3. The van der Waals surface area contributed by atoms with Gasteiger partial charge >= 0.3 is 0 Å². The molecule has 19 heavy (non-hydrogen) atoms. The predicted octanol–water partition coefficient (Wildman–Crippen LogP) is 2.12. The van der Waals surface area contributed by atoms with Gasteiger partial charge in [0, 0.05) is 24.9 Å². The van der Waals surface area contributed by atoms with Crippen molar-refractivity contribution >= 4 is 0 Å². The third-order valence-electron chi connectivity index (χ3n) is 2.60. The van der Waals surface area contributed by atoms with Crippen LogP contribution in [-0.4, -0.2) is 19.8 Å². The summed E-state index contributed by atoms with van der Waals surface area (Å²) < 4.78 is 6.98. The lowest BCUT2D eigenvalue weighted by Gasteiger charge is -2.07. The Bertz CT molecular complexity index is 587. The highest BCUT2D eigenvalue weighted by Gasteiger charge is 2.10. The highest BCUT2D eigenvalue weighted by Crippen LogP contribution is 2.12. The minimum Gasteiger partial charge on any atom is -0.385 e. The molecular formula is C14H17N3O2. The van der Waals surface area contributed by atoms with Crippen LogP contribution in [0.25, 0.3) is 0 Å². The van der Waals surface area contributed by atoms with E-state index >= 15 is 0 Å². The Kier molecular flexibility index (Phi) is 4.37. The smallest absolute Gasteiger partial charge is 0.209 e. The molecule has 0 aliphatic carbocycles. The second-order valence-electron chi connectivity index (χ2n) is 4.32. The summed E-state index contributed by atoms with van der Waals surface area (Å²) in [6.45, 7) is 4.28. The lowest BCUT2D eigenvalue weighted by atomic mass is 10.3. The molecule has 2 rings (SSSR count). The van der Waals surface area contributed by atoms with Gasteiger partial charge in [0.1, 0.15) is 17.6 Å². The SMILES string of the molecule is CCCC#Cc1cc(Cn2ccnc2C(C)O)no1. The fourth-order valence-corrected chi connectivity index (χ4v) is 1.72. The van der Waals surface area contributed by atoms with E-state index in [9.17, 15) is 5.11 Å². The Balaban J connectivity index is 2.08. The van der Waals surface area contributed by atoms with E-state index in [4.69, 9.17) is 4.52 Å². The van der Waals surface area contributed by atoms with Crippen LogP contribution in [0.5, 0.6) is 0 Å². The number of nitrogens with zero attached hydrogens (tertiary/aromatic N) is 3. The van der Waals surface area contributed by atoms with Gasteiger partial charge in [-0.1, -0.05) is 18.0 Å². The van der Waals surface area contributed by atoms with Crippen molar-refractivity contribution in [2.45, 2.75) is 39.3 Å². The van der Waals surface area contributed by atoms with Gasteiger partial charge in [-0.2, -0.15) is 0 Å². The average molecular weight is 259 g/mol. The zero-order valence-corrected chi connectivity index (χ0v) is 11.1. The Morgan fingerprint density at radius 1 is 1.53 bits per heavy atom. The first kappa shape index (κ1) is 13.4. The molecule has 2 aromatic heterocycles. The van der Waals surface area contributed by atoms with Crippen molar-refractivity contribution in [1.82, 2.24) is 14.7 Å². The molecular weight excluding hydrogens is 242 g/mol. The fourth-order valence-electron chi connectivity index (χ4n) is 1.72. The lowest BCUT2D eigenvalue weighted by Crippen LogP contribution is -2.07. The van der Waals surface area contributed by atoms with E-state index in [1.807, 2.05) is 10.6 Å². The molecule has 2 heterocycles. The van der Waals surface area contributed by atoms with Crippen LogP contribution in [0.1, 0.15) is 50.1 Å². The van der Waals surface area contributed by atoms with E-state index < -0.39 is 6.10 Å². The van der Waals surface area contributed by atoms with Gasteiger partial charge in [0.2, 0.25) is 5.76 Å². The maximum atomic E-state index is 9.57. The first-order valence-electron chi connectivity index (χ1n) is 6.34. The number of hydrogen-bond donors (Lipinski definition) is 1. The molecule has 1 unspecified atom stereocenters. The van der Waals surface area contributed by atoms with Crippen molar-refractivity contribution in [3.05, 3.63) is 35.7 Å². The average Bonchev–Trinajstić information content (AvgIpc) is 2.99. The van der Waals surface area contributed by atoms with Gasteiger partial charge in [-0.25, -0.2) is 4.98 Å². The van der Waals surface area contributed by atoms with Gasteiger partial charge in [0.25, 0.3) is 0 Å². The van der Waals surface area contributed by atoms with Crippen molar-refractivity contribution in [2.75, 3.05) is 0 Å². The topological polar surface area (TPSA) is 64.1 Å². The van der Waals surface area contributed by atoms with Crippen LogP contribution < -0.4 is 0 Å². The Hall–Kier alpha value is -2.06. The molecule has 0 saturated heterocycles. The largest absolute Gasteiger partial charge is 0.385 e. The molecule has 5 heteroatoms. The second kappa shape index (κ2) is 6.21. The highest BCUT2D eigenvalue weighted by molar-refractivity contribution is 5.25. The van der Waals surface area contributed by atoms with Crippen molar-refractivity contribution in [1.29, 1.82) is 0 Å². The van der Waals surface area contributed by atoms with Gasteiger partial charge in [-0.3, -0.25) is 0 Å². The molecule has 0 amide bonds. The molecule has 5 nitrogen and oxygen atoms in total. The number of rotatable bonds is 4. The maximum Gasteiger partial charge on any atom is 0.209 e. The van der Waals surface area contributed by atoms with Crippen molar-refractivity contribution in [2.24, 2.45) is 0 Å². The van der Waals surface area contributed by atoms with Gasteiger partial charge in [0.15, 0.2) is 0 Å². The number of aliphatic hydroxyl groups is 1. The number of hydrogen-bond acceptors (Lipinski definition) is 4. The normalized spacial score (nSPS) is 11.9. The highest BCUT2D eigenvalue weighted by atomic mass is 16.5. The summed E-state index contributed by atoms with van der Waals surface area (Å²) in [5.41, 5.74) is 0.765. The third kappa shape index (κ3) is 3.46. The minimum absolute atomic E-state index is 0.513. The van der Waals surface area contributed by atoms with Crippen LogP contribution >= 0.6 is 0 Å². The molecule has 0 saturated carbocycles. The fraction of sp³-hybridized carbons (Fsp3) is 0.429. The molecule has 0 aliphatic rings. The summed E-state index contributed by atoms with van der Waals surface area (Å²) >= 11 is 0. The quantitative estimate of drug-likeness (QED) is 0.854. The number of aliphatic hydroxyl groups excluding tert-OH is 1. The van der Waals surface area contributed by atoms with E-state index in [-0.39, 0.29) is 0 Å². The van der Waals surface area contributed by atoms with Crippen LogP contribution in [0.15, 0.2) is 23.0 Å². The van der Waals surface area contributed by atoms with E-state index in [1.165, 1.54) is 0 Å². The van der Waals surface area contributed by atoms with E-state index in [1.54, 1.807) is 19.3 Å². The zero-order chi connectivity index (χ0) is 13.7. The van der Waals surface area contributed by atoms with E-state index in [0.717, 1.165) is 18.5 Å². The van der Waals surface area contributed by atoms with Crippen LogP contribution in [0.2, 0.25) is 0 Å². The van der Waals surface area contributed by atoms with Crippen molar-refractivity contribution in [3.63, 3.8) is 0 Å². The molecule has 1 N–H and O–H groups in total. The zero-order valence-electron chi connectivity index (χ0n) is 11.1. The molecule has 0 bridgehead atoms. The Morgan fingerprint density at radius 3 is 3.11 bits per heavy atom. The molecule has 2 aromatic rings. The maximum absolute atomic E-state index is 9.57. The van der Waals surface area contributed by atoms with Gasteiger partial charge in [-0.15, -0.1) is 0 Å². The molecule has 0 spiro atoms. The molecule has 0 radical (unpaired) electrons. The van der Waals surface area contributed by atoms with Crippen LogP contribution in [0, 0.1) is 11.8 Å². The van der Waals surface area contributed by atoms with E-state index in [0.29, 0.717) is 18.1 Å². The number of imidazole rings is 1. The second-order valence-corrected chi connectivity index (χ2v) is 4.32. The van der Waals surface area contributed by atoms with Gasteiger partial charge < -0.3 is 14.2 Å². The first-order valence-corrected chi connectivity index (χ1v) is 6.34. The van der Waals surface area contributed by atoms with Crippen molar-refractivity contribution < 1.29 is 9.63 Å². The standard InChI is InChI=1S/C14H17N3O2/c1-3-4-5-6-13-9-12(16-19-13)10-17-8-7-15-14(17)11(2)18/h7-9,11,18H,3-4,10H2,1-2H3. The predicted molar refractivity (Wildman–Crippen MR) is 70.3 cm³/mol. The third-order valence-corrected chi connectivity index (χ3v) is 2.60. The summed E-state index contributed by atoms with van der Waals surface area (Å²) in [4.78, 5) is 4.11. The summed E-state index contributed by atoms with van der Waals surface area (Å²) in [6, 6.07) is 1.81. The van der Waals surface area contributed by atoms with Crippen LogP contribution in [0.3, 0.4) is 0 Å². The van der Waals surface area contributed by atoms with Gasteiger partial charge in [0.05, 0.1) is 6.54 Å². The summed E-state index contributed by atoms with van der Waals surface area (Å²) in [6.07, 6.45) is 4.74. The van der Waals surface area contributed by atoms with Crippen molar-refractivity contribution in [3.8, 4) is 11.8 Å². The Morgan fingerprint density at radius 2 is 2.37 bits per heavy atom. The monoisotopic (exact) mass is 259 g/mol. The first-order chi connectivity index (χ1) is 9.20. The lowest BCUT2D eigenvalue weighted by molar-refractivity contribution is 0.184. The summed E-state index contributed by atoms with van der Waals surface area (Å²) in [5, 5.41) is 13.5. The van der Waals surface area contributed by atoms with Crippen LogP contribution in [-0.2, 0) is 6.54 Å². The summed E-state index contributed by atoms with van der Waals surface area (Å²) in [5.74, 6) is 7.12. The van der Waals surface area contributed by atoms with Gasteiger partial charge in [-0.05, 0) is 19.3 Å².